The van der Waals surface area contributed by atoms with E-state index in [-0.39, 0.29) is 0 Å². The number of hydrogen-bond acceptors (Lipinski definition) is 1. The summed E-state index contributed by atoms with van der Waals surface area (Å²) in [4.78, 5) is 0. The van der Waals surface area contributed by atoms with Crippen molar-refractivity contribution in [2.75, 3.05) is 0 Å². The second-order valence-corrected chi connectivity index (χ2v) is 15.5. The van der Waals surface area contributed by atoms with Gasteiger partial charge in [-0.2, -0.15) is 0 Å². The van der Waals surface area contributed by atoms with Crippen LogP contribution < -0.4 is 0 Å². The van der Waals surface area contributed by atoms with Crippen LogP contribution in [0.3, 0.4) is 0 Å². The maximum absolute atomic E-state index is 2.43. The van der Waals surface area contributed by atoms with Crippen LogP contribution in [0.1, 0.15) is 0 Å². The average molecular weight is 702 g/mol. The molecule has 1 aliphatic rings. The summed E-state index contributed by atoms with van der Waals surface area (Å²) in [7, 11) is 0. The minimum atomic E-state index is 1.16. The van der Waals surface area contributed by atoms with Gasteiger partial charge in [0, 0.05) is 36.6 Å². The van der Waals surface area contributed by atoms with E-state index in [2.05, 4.69) is 193 Å². The highest BCUT2D eigenvalue weighted by Crippen LogP contribution is 2.49. The van der Waals surface area contributed by atoms with Crippen LogP contribution >= 0.6 is 11.3 Å². The quantitative estimate of drug-likeness (QED) is 0.172. The molecule has 0 amide bonds. The fourth-order valence-electron chi connectivity index (χ4n) is 9.09. The Kier molecular flexibility index (Phi) is 6.28. The van der Waals surface area contributed by atoms with Crippen molar-refractivity contribution >= 4 is 64.1 Å². The van der Waals surface area contributed by atoms with E-state index in [1.165, 1.54) is 108 Å². The lowest BCUT2D eigenvalue weighted by Gasteiger charge is -2.13. The summed E-state index contributed by atoms with van der Waals surface area (Å²) < 4.78 is 5.10. The molecule has 11 aromatic rings. The molecule has 0 saturated carbocycles. The number of aromatic nitrogens is 1. The predicted octanol–water partition coefficient (Wildman–Crippen LogP) is 15.0. The maximum Gasteiger partial charge on any atom is 0.0541 e. The summed E-state index contributed by atoms with van der Waals surface area (Å²) >= 11 is 1.87. The van der Waals surface area contributed by atoms with E-state index in [1.807, 2.05) is 11.3 Å². The smallest absolute Gasteiger partial charge is 0.0541 e. The van der Waals surface area contributed by atoms with Gasteiger partial charge in [-0.05, 0) is 121 Å². The Morgan fingerprint density at radius 3 is 1.76 bits per heavy atom. The lowest BCUT2D eigenvalue weighted by molar-refractivity contribution is 1.18. The zero-order valence-electron chi connectivity index (χ0n) is 29.3. The van der Waals surface area contributed by atoms with E-state index in [0.717, 1.165) is 5.69 Å². The Labute approximate surface area is 316 Å². The van der Waals surface area contributed by atoms with Crippen molar-refractivity contribution in [3.63, 3.8) is 0 Å². The highest BCUT2D eigenvalue weighted by Gasteiger charge is 2.22. The molecule has 0 saturated heterocycles. The number of hydrogen-bond donors (Lipinski definition) is 0. The largest absolute Gasteiger partial charge is 0.309 e. The molecule has 0 unspecified atom stereocenters. The summed E-state index contributed by atoms with van der Waals surface area (Å²) in [6.45, 7) is 0. The van der Waals surface area contributed by atoms with Crippen molar-refractivity contribution in [1.82, 2.24) is 4.57 Å². The third kappa shape index (κ3) is 4.32. The van der Waals surface area contributed by atoms with Gasteiger partial charge in [-0.15, -0.1) is 11.3 Å². The van der Waals surface area contributed by atoms with E-state index < -0.39 is 0 Å². The molecule has 0 aliphatic heterocycles. The van der Waals surface area contributed by atoms with Crippen LogP contribution in [-0.4, -0.2) is 4.57 Å². The van der Waals surface area contributed by atoms with Crippen molar-refractivity contribution in [1.29, 1.82) is 0 Å². The molecule has 0 fully saturated rings. The first kappa shape index (κ1) is 29.8. The number of fused-ring (bicyclic) bond motifs is 9. The number of nitrogens with zero attached hydrogens (tertiary/aromatic N) is 1. The minimum Gasteiger partial charge on any atom is -0.309 e. The van der Waals surface area contributed by atoms with E-state index in [0.29, 0.717) is 0 Å². The van der Waals surface area contributed by atoms with E-state index in [4.69, 9.17) is 0 Å². The van der Waals surface area contributed by atoms with Gasteiger partial charge in [0.25, 0.3) is 0 Å². The summed E-state index contributed by atoms with van der Waals surface area (Å²) in [5.41, 5.74) is 16.3. The van der Waals surface area contributed by atoms with E-state index in [1.54, 1.807) is 0 Å². The molecule has 0 N–H and O–H groups in total. The maximum atomic E-state index is 2.43. The molecule has 2 heterocycles. The zero-order chi connectivity index (χ0) is 35.3. The molecule has 1 nitrogen and oxygen atoms in total. The second kappa shape index (κ2) is 11.4. The Hall–Kier alpha value is -6.74. The first-order valence-corrected chi connectivity index (χ1v) is 19.4. The van der Waals surface area contributed by atoms with Gasteiger partial charge in [0.1, 0.15) is 0 Å². The summed E-state index contributed by atoms with van der Waals surface area (Å²) in [5, 5.41) is 7.85. The Morgan fingerprint density at radius 1 is 0.296 bits per heavy atom. The number of thiophene rings is 1. The third-order valence-electron chi connectivity index (χ3n) is 11.5. The van der Waals surface area contributed by atoms with Crippen LogP contribution in [0, 0.1) is 0 Å². The molecule has 0 atom stereocenters. The fraction of sp³-hybridized carbons (Fsp3) is 0. The molecular weight excluding hydrogens is 671 g/mol. The average Bonchev–Trinajstić information content (AvgIpc) is 3.89. The molecule has 9 aromatic carbocycles. The molecule has 2 heteroatoms. The van der Waals surface area contributed by atoms with Crippen LogP contribution in [0.2, 0.25) is 0 Å². The van der Waals surface area contributed by atoms with Crippen LogP contribution in [-0.2, 0) is 0 Å². The third-order valence-corrected chi connectivity index (χ3v) is 12.7. The highest BCUT2D eigenvalue weighted by molar-refractivity contribution is 7.25. The molecule has 0 spiro atoms. The summed E-state index contributed by atoms with van der Waals surface area (Å²) in [5.74, 6) is 0. The second-order valence-electron chi connectivity index (χ2n) is 14.5. The number of benzene rings is 9. The van der Waals surface area contributed by atoms with Gasteiger partial charge in [-0.3, -0.25) is 0 Å². The first-order chi connectivity index (χ1) is 26.8. The molecule has 12 rings (SSSR count). The molecule has 250 valence electrons. The lowest BCUT2D eigenvalue weighted by Crippen LogP contribution is -1.94. The first-order valence-electron chi connectivity index (χ1n) is 18.6. The van der Waals surface area contributed by atoms with Gasteiger partial charge >= 0.3 is 0 Å². The van der Waals surface area contributed by atoms with Gasteiger partial charge in [-0.1, -0.05) is 133 Å². The van der Waals surface area contributed by atoms with Crippen molar-refractivity contribution in [2.24, 2.45) is 0 Å². The van der Waals surface area contributed by atoms with Gasteiger partial charge in [0.2, 0.25) is 0 Å². The normalized spacial score (nSPS) is 12.1. The topological polar surface area (TPSA) is 4.93 Å². The lowest BCUT2D eigenvalue weighted by atomic mass is 9.92. The molecule has 2 aromatic heterocycles. The van der Waals surface area contributed by atoms with Crippen LogP contribution in [0.4, 0.5) is 0 Å². The van der Waals surface area contributed by atoms with Crippen LogP contribution in [0.25, 0.3) is 114 Å². The van der Waals surface area contributed by atoms with Gasteiger partial charge in [0.05, 0.1) is 11.0 Å². The molecule has 1 aliphatic carbocycles. The minimum absolute atomic E-state index is 1.16. The predicted molar refractivity (Wildman–Crippen MR) is 232 cm³/mol. The standard InChI is InChI=1S/C52H31NS/c1-2-15-40-39(14-1)44-19-9-18-43-38(24-25-45(40)52(43)44)36-12-7-10-32(28-36)33-11-8-13-37(29-33)53-48-20-5-3-16-41(48)46-30-34(22-26-49(46)53)35-23-27-51-47(31-35)42-17-4-6-21-50(42)54-51/h1-31H. The van der Waals surface area contributed by atoms with Gasteiger partial charge < -0.3 is 4.57 Å². The van der Waals surface area contributed by atoms with Crippen molar-refractivity contribution in [2.45, 2.75) is 0 Å². The van der Waals surface area contributed by atoms with E-state index in [9.17, 15) is 0 Å². The summed E-state index contributed by atoms with van der Waals surface area (Å²) in [6.07, 6.45) is 0. The van der Waals surface area contributed by atoms with Crippen LogP contribution in [0.15, 0.2) is 188 Å². The number of rotatable bonds is 4. The molecule has 54 heavy (non-hydrogen) atoms. The SMILES string of the molecule is c1cc(-c2cccc(-n3c4ccccc4c4cc(-c5ccc6sc7ccccc7c6c5)ccc43)c2)cc(-c2ccc3c4c(cccc24)-c2ccccc2-3)c1. The zero-order valence-corrected chi connectivity index (χ0v) is 30.1. The molecular formula is C52H31NS. The van der Waals surface area contributed by atoms with Crippen molar-refractivity contribution in [3.05, 3.63) is 188 Å². The van der Waals surface area contributed by atoms with E-state index >= 15 is 0 Å². The molecule has 0 radical (unpaired) electrons. The Bertz CT molecular complexity index is 3310. The Balaban J connectivity index is 0.964. The number of para-hydroxylation sites is 1. The fourth-order valence-corrected chi connectivity index (χ4v) is 10.2. The van der Waals surface area contributed by atoms with Crippen molar-refractivity contribution < 1.29 is 0 Å². The van der Waals surface area contributed by atoms with Gasteiger partial charge in [0.15, 0.2) is 0 Å². The van der Waals surface area contributed by atoms with Crippen LogP contribution in [0.5, 0.6) is 0 Å². The highest BCUT2D eigenvalue weighted by atomic mass is 32.1. The monoisotopic (exact) mass is 701 g/mol. The molecule has 0 bridgehead atoms. The van der Waals surface area contributed by atoms with Gasteiger partial charge in [-0.25, -0.2) is 0 Å². The Morgan fingerprint density at radius 2 is 0.870 bits per heavy atom. The summed E-state index contributed by atoms with van der Waals surface area (Å²) in [6, 6.07) is 69.7. The van der Waals surface area contributed by atoms with Crippen molar-refractivity contribution in [3.8, 4) is 61.3 Å².